The first kappa shape index (κ1) is 16.6. The van der Waals surface area contributed by atoms with Gasteiger partial charge in [0.2, 0.25) is 15.9 Å². The van der Waals surface area contributed by atoms with E-state index in [1.54, 1.807) is 39.8 Å². The van der Waals surface area contributed by atoms with Crippen molar-refractivity contribution in [1.82, 2.24) is 4.72 Å². The molecule has 0 heterocycles. The second-order valence-corrected chi connectivity index (χ2v) is 7.19. The third-order valence-corrected chi connectivity index (χ3v) is 4.38. The van der Waals surface area contributed by atoms with E-state index >= 15 is 0 Å². The van der Waals surface area contributed by atoms with Gasteiger partial charge in [-0.3, -0.25) is 4.79 Å². The lowest BCUT2D eigenvalue weighted by atomic mass is 10.1. The van der Waals surface area contributed by atoms with E-state index < -0.39 is 15.6 Å². The van der Waals surface area contributed by atoms with Gasteiger partial charge in [-0.25, -0.2) is 13.1 Å². The van der Waals surface area contributed by atoms with E-state index in [2.05, 4.69) is 10.0 Å². The lowest BCUT2D eigenvalue weighted by Gasteiger charge is -2.21. The normalized spacial score (nSPS) is 12.2. The van der Waals surface area contributed by atoms with Crippen LogP contribution in [-0.2, 0) is 14.8 Å². The summed E-state index contributed by atoms with van der Waals surface area (Å²) in [5.74, 6) is -0.369. The van der Waals surface area contributed by atoms with Gasteiger partial charge >= 0.3 is 0 Å². The lowest BCUT2D eigenvalue weighted by Crippen LogP contribution is -2.40. The Morgan fingerprint density at radius 1 is 1.30 bits per heavy atom. The van der Waals surface area contributed by atoms with E-state index in [9.17, 15) is 13.2 Å². The van der Waals surface area contributed by atoms with Crippen LogP contribution in [0.5, 0.6) is 0 Å². The Bertz CT molecular complexity index is 604. The molecule has 1 rings (SSSR count). The minimum absolute atomic E-state index is 0.141. The second-order valence-electron chi connectivity index (χ2n) is 5.54. The Morgan fingerprint density at radius 2 is 1.90 bits per heavy atom. The first-order valence-corrected chi connectivity index (χ1v) is 7.68. The number of amides is 1. The van der Waals surface area contributed by atoms with Crippen LogP contribution in [0.15, 0.2) is 23.1 Å². The maximum absolute atomic E-state index is 12.3. The molecule has 0 unspecified atom stereocenters. The van der Waals surface area contributed by atoms with Crippen LogP contribution in [-0.4, -0.2) is 26.4 Å². The number of rotatable bonds is 4. The molecule has 112 valence electrons. The zero-order valence-electron chi connectivity index (χ0n) is 12.1. The minimum atomic E-state index is -3.65. The molecule has 1 amide bonds. The molecule has 0 atom stereocenters. The zero-order chi connectivity index (χ0) is 15.6. The van der Waals surface area contributed by atoms with Gasteiger partial charge in [-0.05, 0) is 45.4 Å². The van der Waals surface area contributed by atoms with Gasteiger partial charge in [0, 0.05) is 11.2 Å². The molecule has 0 fully saturated rings. The third-order valence-electron chi connectivity index (χ3n) is 2.47. The summed E-state index contributed by atoms with van der Waals surface area (Å²) in [6.07, 6.45) is 0. The number of anilines is 1. The molecule has 1 aromatic carbocycles. The van der Waals surface area contributed by atoms with Crippen molar-refractivity contribution in [3.63, 3.8) is 0 Å². The zero-order valence-corrected chi connectivity index (χ0v) is 13.0. The molecule has 20 heavy (non-hydrogen) atoms. The highest BCUT2D eigenvalue weighted by atomic mass is 32.2. The topological polar surface area (TPSA) is 101 Å². The first-order chi connectivity index (χ1) is 9.07. The molecule has 0 aliphatic carbocycles. The van der Waals surface area contributed by atoms with Gasteiger partial charge in [-0.2, -0.15) is 0 Å². The number of carbonyl (C=O) groups excluding carboxylic acids is 1. The van der Waals surface area contributed by atoms with Gasteiger partial charge in [0.25, 0.3) is 0 Å². The van der Waals surface area contributed by atoms with Crippen molar-refractivity contribution in [2.24, 2.45) is 5.73 Å². The van der Waals surface area contributed by atoms with Crippen molar-refractivity contribution in [2.45, 2.75) is 38.1 Å². The Balaban J connectivity index is 3.21. The van der Waals surface area contributed by atoms with Crippen molar-refractivity contribution in [2.75, 3.05) is 11.9 Å². The molecule has 0 aliphatic heterocycles. The highest BCUT2D eigenvalue weighted by Gasteiger charge is 2.24. The number of sulfonamides is 1. The Morgan fingerprint density at radius 3 is 2.40 bits per heavy atom. The summed E-state index contributed by atoms with van der Waals surface area (Å²) >= 11 is 0. The van der Waals surface area contributed by atoms with Crippen molar-refractivity contribution >= 4 is 21.6 Å². The largest absolute Gasteiger partial charge is 0.325 e. The van der Waals surface area contributed by atoms with Crippen LogP contribution < -0.4 is 15.8 Å². The smallest absolute Gasteiger partial charge is 0.241 e. The van der Waals surface area contributed by atoms with Crippen molar-refractivity contribution in [3.05, 3.63) is 23.8 Å². The van der Waals surface area contributed by atoms with Gasteiger partial charge in [0.15, 0.2) is 0 Å². The Hall–Kier alpha value is -1.44. The molecular weight excluding hydrogens is 278 g/mol. The van der Waals surface area contributed by atoms with Gasteiger partial charge in [0.05, 0.1) is 11.4 Å². The number of nitrogens with two attached hydrogens (primary N) is 1. The average molecular weight is 299 g/mol. The number of hydrogen-bond acceptors (Lipinski definition) is 4. The van der Waals surface area contributed by atoms with Gasteiger partial charge in [-0.15, -0.1) is 0 Å². The molecular formula is C13H21N3O3S. The quantitative estimate of drug-likeness (QED) is 0.771. The molecule has 0 aromatic heterocycles. The van der Waals surface area contributed by atoms with Crippen molar-refractivity contribution < 1.29 is 13.2 Å². The predicted molar refractivity (Wildman–Crippen MR) is 78.9 cm³/mol. The summed E-state index contributed by atoms with van der Waals surface area (Å²) in [4.78, 5) is 11.5. The molecule has 1 aromatic rings. The molecule has 6 nitrogen and oxygen atoms in total. The predicted octanol–water partition coefficient (Wildman–Crippen LogP) is 0.969. The number of benzene rings is 1. The standard InChI is InChI=1S/C13H21N3O3S/c1-9-10(15-12(17)8-14)6-5-7-11(9)20(18,19)16-13(2,3)4/h5-7,16H,8,14H2,1-4H3,(H,15,17). The highest BCUT2D eigenvalue weighted by Crippen LogP contribution is 2.23. The average Bonchev–Trinajstić information content (AvgIpc) is 2.28. The Labute approximate surface area is 119 Å². The minimum Gasteiger partial charge on any atom is -0.325 e. The van der Waals surface area contributed by atoms with E-state index in [1.807, 2.05) is 0 Å². The molecule has 0 saturated carbocycles. The molecule has 7 heteroatoms. The maximum atomic E-state index is 12.3. The van der Waals surface area contributed by atoms with Crippen LogP contribution in [0, 0.1) is 6.92 Å². The summed E-state index contributed by atoms with van der Waals surface area (Å²) in [5.41, 5.74) is 5.57. The second kappa shape index (κ2) is 5.90. The SMILES string of the molecule is Cc1c(NC(=O)CN)cccc1S(=O)(=O)NC(C)(C)C. The summed E-state index contributed by atoms with van der Waals surface area (Å²) in [7, 11) is -3.65. The monoisotopic (exact) mass is 299 g/mol. The van der Waals surface area contributed by atoms with Crippen molar-refractivity contribution in [1.29, 1.82) is 0 Å². The van der Waals surface area contributed by atoms with E-state index in [1.165, 1.54) is 6.07 Å². The number of carbonyl (C=O) groups is 1. The van der Waals surface area contributed by atoms with Crippen LogP contribution in [0.25, 0.3) is 0 Å². The molecule has 0 radical (unpaired) electrons. The fourth-order valence-electron chi connectivity index (χ4n) is 1.70. The van der Waals surface area contributed by atoms with Gasteiger partial charge < -0.3 is 11.1 Å². The Kier molecular flexibility index (Phi) is 4.90. The lowest BCUT2D eigenvalue weighted by molar-refractivity contribution is -0.114. The van der Waals surface area contributed by atoms with Crippen LogP contribution in [0.3, 0.4) is 0 Å². The summed E-state index contributed by atoms with van der Waals surface area (Å²) in [5, 5.41) is 2.58. The van der Waals surface area contributed by atoms with Crippen LogP contribution in [0.4, 0.5) is 5.69 Å². The number of hydrogen-bond donors (Lipinski definition) is 3. The van der Waals surface area contributed by atoms with Gasteiger partial charge in [-0.1, -0.05) is 6.07 Å². The fourth-order valence-corrected chi connectivity index (χ4v) is 3.39. The number of nitrogens with one attached hydrogen (secondary N) is 2. The summed E-state index contributed by atoms with van der Waals surface area (Å²) in [6.45, 7) is 6.78. The molecule has 4 N–H and O–H groups in total. The highest BCUT2D eigenvalue weighted by molar-refractivity contribution is 7.89. The third kappa shape index (κ3) is 4.29. The van der Waals surface area contributed by atoms with E-state index in [4.69, 9.17) is 5.73 Å². The van der Waals surface area contributed by atoms with Crippen LogP contribution >= 0.6 is 0 Å². The van der Waals surface area contributed by atoms with Crippen molar-refractivity contribution in [3.8, 4) is 0 Å². The van der Waals surface area contributed by atoms with Crippen LogP contribution in [0.2, 0.25) is 0 Å². The van der Waals surface area contributed by atoms with Crippen LogP contribution in [0.1, 0.15) is 26.3 Å². The first-order valence-electron chi connectivity index (χ1n) is 6.20. The summed E-state index contributed by atoms with van der Waals surface area (Å²) < 4.78 is 27.2. The molecule has 0 bridgehead atoms. The fraction of sp³-hybridized carbons (Fsp3) is 0.462. The van der Waals surface area contributed by atoms with E-state index in [0.717, 1.165) is 0 Å². The van der Waals surface area contributed by atoms with E-state index in [0.29, 0.717) is 11.3 Å². The van der Waals surface area contributed by atoms with E-state index in [-0.39, 0.29) is 17.3 Å². The van der Waals surface area contributed by atoms with Gasteiger partial charge in [0.1, 0.15) is 0 Å². The molecule has 0 spiro atoms. The molecule has 0 saturated heterocycles. The molecule has 0 aliphatic rings. The maximum Gasteiger partial charge on any atom is 0.241 e. The summed E-state index contributed by atoms with van der Waals surface area (Å²) in [6, 6.07) is 4.72.